The minimum absolute atomic E-state index is 0.114. The molecule has 6 nitrogen and oxygen atoms in total. The Hall–Kier alpha value is -2.76. The Balaban J connectivity index is 1.37. The van der Waals surface area contributed by atoms with Crippen LogP contribution in [0.25, 0.3) is 0 Å². The highest BCUT2D eigenvalue weighted by atomic mass is 16.5. The molecule has 2 aromatic rings. The van der Waals surface area contributed by atoms with Gasteiger partial charge >= 0.3 is 0 Å². The molecule has 0 saturated carbocycles. The van der Waals surface area contributed by atoms with Gasteiger partial charge in [-0.1, -0.05) is 12.1 Å². The van der Waals surface area contributed by atoms with Crippen molar-refractivity contribution in [3.8, 4) is 11.5 Å². The fourth-order valence-corrected chi connectivity index (χ4v) is 3.59. The Bertz CT molecular complexity index is 773. The van der Waals surface area contributed by atoms with Crippen LogP contribution in [-0.4, -0.2) is 55.7 Å². The summed E-state index contributed by atoms with van der Waals surface area (Å²) in [6, 6.07) is 11.7. The molecular formula is C20H23N3O3. The van der Waals surface area contributed by atoms with Gasteiger partial charge in [-0.25, -0.2) is 4.98 Å². The largest absolute Gasteiger partial charge is 0.497 e. The Morgan fingerprint density at radius 1 is 1.19 bits per heavy atom. The average molecular weight is 353 g/mol. The number of benzene rings is 1. The van der Waals surface area contributed by atoms with Crippen molar-refractivity contribution in [1.82, 2.24) is 9.88 Å². The summed E-state index contributed by atoms with van der Waals surface area (Å²) in [5, 5.41) is 0. The first-order chi connectivity index (χ1) is 12.7. The molecule has 1 fully saturated rings. The maximum absolute atomic E-state index is 12.9. The van der Waals surface area contributed by atoms with Crippen LogP contribution in [-0.2, 0) is 11.2 Å². The second-order valence-corrected chi connectivity index (χ2v) is 6.69. The van der Waals surface area contributed by atoms with Crippen LogP contribution in [0.2, 0.25) is 0 Å². The van der Waals surface area contributed by atoms with E-state index in [1.807, 2.05) is 41.3 Å². The zero-order valence-corrected chi connectivity index (χ0v) is 14.9. The van der Waals surface area contributed by atoms with Crippen molar-refractivity contribution in [3.05, 3.63) is 48.2 Å². The van der Waals surface area contributed by atoms with Gasteiger partial charge in [-0.05, 0) is 30.2 Å². The third kappa shape index (κ3) is 3.31. The van der Waals surface area contributed by atoms with Crippen molar-refractivity contribution in [3.63, 3.8) is 0 Å². The van der Waals surface area contributed by atoms with Crippen LogP contribution < -0.4 is 14.4 Å². The van der Waals surface area contributed by atoms with E-state index in [9.17, 15) is 4.79 Å². The molecule has 2 aliphatic rings. The van der Waals surface area contributed by atoms with Gasteiger partial charge in [0.1, 0.15) is 23.9 Å². The van der Waals surface area contributed by atoms with Gasteiger partial charge in [-0.3, -0.25) is 4.79 Å². The monoisotopic (exact) mass is 353 g/mol. The van der Waals surface area contributed by atoms with Crippen molar-refractivity contribution in [1.29, 1.82) is 0 Å². The number of methoxy groups -OCH3 is 1. The number of anilines is 1. The molecule has 0 bridgehead atoms. The molecule has 0 aliphatic carbocycles. The summed E-state index contributed by atoms with van der Waals surface area (Å²) in [6.07, 6.45) is 2.53. The van der Waals surface area contributed by atoms with Gasteiger partial charge in [0.2, 0.25) is 5.91 Å². The van der Waals surface area contributed by atoms with Crippen molar-refractivity contribution in [2.24, 2.45) is 5.92 Å². The molecular weight excluding hydrogens is 330 g/mol. The molecule has 1 atom stereocenters. The second-order valence-electron chi connectivity index (χ2n) is 6.69. The lowest BCUT2D eigenvalue weighted by Crippen LogP contribution is -2.51. The number of piperazine rings is 1. The van der Waals surface area contributed by atoms with Crippen LogP contribution in [0, 0.1) is 5.92 Å². The van der Waals surface area contributed by atoms with Crippen LogP contribution >= 0.6 is 0 Å². The molecule has 0 radical (unpaired) electrons. The minimum Gasteiger partial charge on any atom is -0.497 e. The zero-order chi connectivity index (χ0) is 17.9. The second kappa shape index (κ2) is 7.23. The van der Waals surface area contributed by atoms with Crippen molar-refractivity contribution < 1.29 is 14.3 Å². The summed E-state index contributed by atoms with van der Waals surface area (Å²) in [5.74, 6) is 2.65. The van der Waals surface area contributed by atoms with Crippen LogP contribution in [0.3, 0.4) is 0 Å². The average Bonchev–Trinajstić information content (AvgIpc) is 2.73. The van der Waals surface area contributed by atoms with Crippen LogP contribution in [0.15, 0.2) is 42.6 Å². The molecule has 1 aromatic heterocycles. The minimum atomic E-state index is -0.114. The van der Waals surface area contributed by atoms with Gasteiger partial charge in [-0.2, -0.15) is 0 Å². The lowest BCUT2D eigenvalue weighted by Gasteiger charge is -2.37. The Kier molecular flexibility index (Phi) is 4.65. The Labute approximate surface area is 153 Å². The third-order valence-corrected chi connectivity index (χ3v) is 5.09. The molecule has 0 spiro atoms. The van der Waals surface area contributed by atoms with Crippen molar-refractivity contribution in [2.45, 2.75) is 6.42 Å². The van der Waals surface area contributed by atoms with Crippen molar-refractivity contribution >= 4 is 11.7 Å². The van der Waals surface area contributed by atoms with E-state index in [0.29, 0.717) is 6.61 Å². The molecule has 0 unspecified atom stereocenters. The van der Waals surface area contributed by atoms with E-state index in [-0.39, 0.29) is 11.8 Å². The number of carbonyl (C=O) groups excluding carboxylic acids is 1. The summed E-state index contributed by atoms with van der Waals surface area (Å²) in [6.45, 7) is 3.50. The van der Waals surface area contributed by atoms with E-state index in [1.165, 1.54) is 0 Å². The lowest BCUT2D eigenvalue weighted by atomic mass is 9.95. The zero-order valence-electron chi connectivity index (χ0n) is 14.9. The van der Waals surface area contributed by atoms with E-state index in [4.69, 9.17) is 9.47 Å². The highest BCUT2D eigenvalue weighted by molar-refractivity contribution is 5.80. The molecule has 0 N–H and O–H groups in total. The van der Waals surface area contributed by atoms with E-state index in [2.05, 4.69) is 9.88 Å². The summed E-state index contributed by atoms with van der Waals surface area (Å²) < 4.78 is 11.1. The first-order valence-corrected chi connectivity index (χ1v) is 8.99. The van der Waals surface area contributed by atoms with E-state index < -0.39 is 0 Å². The van der Waals surface area contributed by atoms with Gasteiger partial charge < -0.3 is 19.3 Å². The number of rotatable bonds is 3. The number of amides is 1. The van der Waals surface area contributed by atoms with Gasteiger partial charge in [-0.15, -0.1) is 0 Å². The van der Waals surface area contributed by atoms with Gasteiger partial charge in [0.25, 0.3) is 0 Å². The molecule has 4 rings (SSSR count). The Morgan fingerprint density at radius 2 is 2.04 bits per heavy atom. The summed E-state index contributed by atoms with van der Waals surface area (Å²) in [4.78, 5) is 21.5. The van der Waals surface area contributed by atoms with Gasteiger partial charge in [0.05, 0.1) is 13.0 Å². The predicted octanol–water partition coefficient (Wildman–Crippen LogP) is 1.99. The van der Waals surface area contributed by atoms with Gasteiger partial charge in [0.15, 0.2) is 0 Å². The number of fused-ring (bicyclic) bond motifs is 1. The van der Waals surface area contributed by atoms with E-state index in [0.717, 1.165) is 55.5 Å². The number of carbonyl (C=O) groups is 1. The van der Waals surface area contributed by atoms with Crippen molar-refractivity contribution in [2.75, 3.05) is 44.8 Å². The molecule has 6 heteroatoms. The van der Waals surface area contributed by atoms with E-state index >= 15 is 0 Å². The first-order valence-electron chi connectivity index (χ1n) is 8.99. The molecule has 1 saturated heterocycles. The number of hydrogen-bond acceptors (Lipinski definition) is 5. The summed E-state index contributed by atoms with van der Waals surface area (Å²) >= 11 is 0. The Morgan fingerprint density at radius 3 is 2.77 bits per heavy atom. The number of hydrogen-bond donors (Lipinski definition) is 0. The van der Waals surface area contributed by atoms with Crippen LogP contribution in [0.1, 0.15) is 5.56 Å². The van der Waals surface area contributed by atoms with Crippen LogP contribution in [0.4, 0.5) is 5.82 Å². The highest BCUT2D eigenvalue weighted by Crippen LogP contribution is 2.31. The number of nitrogens with zero attached hydrogens (tertiary/aromatic N) is 3. The first kappa shape index (κ1) is 16.7. The normalized spacial score (nSPS) is 19.5. The highest BCUT2D eigenvalue weighted by Gasteiger charge is 2.31. The fraction of sp³-hybridized carbons (Fsp3) is 0.400. The topological polar surface area (TPSA) is 54.9 Å². The molecule has 1 amide bonds. The summed E-state index contributed by atoms with van der Waals surface area (Å²) in [7, 11) is 1.64. The third-order valence-electron chi connectivity index (χ3n) is 5.09. The summed E-state index contributed by atoms with van der Waals surface area (Å²) in [5.41, 5.74) is 1.07. The predicted molar refractivity (Wildman–Crippen MR) is 98.7 cm³/mol. The van der Waals surface area contributed by atoms with Crippen LogP contribution in [0.5, 0.6) is 11.5 Å². The quantitative estimate of drug-likeness (QED) is 0.845. The van der Waals surface area contributed by atoms with Gasteiger partial charge in [0, 0.05) is 38.4 Å². The molecule has 3 heterocycles. The SMILES string of the molecule is COc1ccc2c(c1)OC[C@H](C(=O)N1CCN(c3ccccn3)CC1)C2. The molecule has 26 heavy (non-hydrogen) atoms. The molecule has 1 aromatic carbocycles. The van der Waals surface area contributed by atoms with E-state index in [1.54, 1.807) is 13.3 Å². The lowest BCUT2D eigenvalue weighted by molar-refractivity contribution is -0.137. The number of aromatic nitrogens is 1. The smallest absolute Gasteiger partial charge is 0.229 e. The molecule has 2 aliphatic heterocycles. The molecule has 136 valence electrons. The maximum atomic E-state index is 12.9. The number of ether oxygens (including phenoxy) is 2. The number of pyridine rings is 1. The maximum Gasteiger partial charge on any atom is 0.229 e. The standard InChI is InChI=1S/C20H23N3O3/c1-25-17-6-5-15-12-16(14-26-18(15)13-17)20(24)23-10-8-22(9-11-23)19-4-2-3-7-21-19/h2-7,13,16H,8-12,14H2,1H3/t16-/m1/s1. The fourth-order valence-electron chi connectivity index (χ4n) is 3.59.